The van der Waals surface area contributed by atoms with E-state index in [2.05, 4.69) is 27.4 Å². The molecule has 156 valence electrons. The van der Waals surface area contributed by atoms with Gasteiger partial charge in [-0.25, -0.2) is 4.98 Å². The molecule has 30 heavy (non-hydrogen) atoms. The van der Waals surface area contributed by atoms with Crippen molar-refractivity contribution >= 4 is 28.2 Å². The Labute approximate surface area is 181 Å². The molecule has 0 amide bonds. The van der Waals surface area contributed by atoms with Crippen LogP contribution in [-0.2, 0) is 17.7 Å². The van der Waals surface area contributed by atoms with Crippen molar-refractivity contribution in [2.45, 2.75) is 31.9 Å². The molecule has 7 heteroatoms. The highest BCUT2D eigenvalue weighted by Gasteiger charge is 2.22. The highest BCUT2D eigenvalue weighted by atomic mass is 32.1. The summed E-state index contributed by atoms with van der Waals surface area (Å²) in [5.41, 5.74) is 1.82. The average Bonchev–Trinajstić information content (AvgIpc) is 3.27. The van der Waals surface area contributed by atoms with Crippen molar-refractivity contribution in [2.75, 3.05) is 19.7 Å². The molecule has 1 atom stereocenters. The Morgan fingerprint density at radius 2 is 2.00 bits per heavy atom. The lowest BCUT2D eigenvalue weighted by atomic mass is 10.1. The van der Waals surface area contributed by atoms with Crippen LogP contribution in [0.4, 0.5) is 0 Å². The number of benzene rings is 2. The maximum Gasteiger partial charge on any atom is 0.258 e. The van der Waals surface area contributed by atoms with Crippen molar-refractivity contribution in [3.05, 3.63) is 76.3 Å². The molecular formula is C23H26N4O2S. The minimum Gasteiger partial charge on any atom is -0.376 e. The van der Waals surface area contributed by atoms with E-state index in [1.807, 2.05) is 41.3 Å². The van der Waals surface area contributed by atoms with Gasteiger partial charge in [-0.3, -0.25) is 4.79 Å². The molecule has 1 saturated heterocycles. The van der Waals surface area contributed by atoms with E-state index < -0.39 is 0 Å². The number of nitrogens with zero attached hydrogens (tertiary/aromatic N) is 2. The zero-order valence-corrected chi connectivity index (χ0v) is 17.7. The fraction of sp³-hybridized carbons (Fsp3) is 0.348. The molecule has 0 radical (unpaired) electrons. The molecule has 0 aliphatic carbocycles. The normalized spacial score (nSPS) is 15.9. The average molecular weight is 423 g/mol. The Hall–Kier alpha value is -2.77. The highest BCUT2D eigenvalue weighted by molar-refractivity contribution is 7.80. The molecule has 0 unspecified atom stereocenters. The van der Waals surface area contributed by atoms with Crippen molar-refractivity contribution in [1.29, 1.82) is 0 Å². The number of fused-ring (bicyclic) bond motifs is 1. The van der Waals surface area contributed by atoms with E-state index in [1.54, 1.807) is 6.07 Å². The van der Waals surface area contributed by atoms with E-state index >= 15 is 0 Å². The highest BCUT2D eigenvalue weighted by Crippen LogP contribution is 2.15. The molecule has 1 aromatic heterocycles. The molecule has 0 bridgehead atoms. The Bertz CT molecular complexity index is 1050. The van der Waals surface area contributed by atoms with Crippen LogP contribution >= 0.6 is 12.2 Å². The summed E-state index contributed by atoms with van der Waals surface area (Å²) in [5.74, 6) is 0.601. The molecule has 1 fully saturated rings. The molecule has 3 aromatic rings. The van der Waals surface area contributed by atoms with Gasteiger partial charge in [0.2, 0.25) is 0 Å². The van der Waals surface area contributed by atoms with Crippen LogP contribution in [0.25, 0.3) is 10.9 Å². The van der Waals surface area contributed by atoms with Crippen LogP contribution in [0, 0.1) is 0 Å². The van der Waals surface area contributed by atoms with Crippen LogP contribution in [0.15, 0.2) is 59.4 Å². The van der Waals surface area contributed by atoms with Gasteiger partial charge in [-0.05, 0) is 49.2 Å². The van der Waals surface area contributed by atoms with Gasteiger partial charge < -0.3 is 19.9 Å². The quantitative estimate of drug-likeness (QED) is 0.571. The third-order valence-corrected chi connectivity index (χ3v) is 5.67. The summed E-state index contributed by atoms with van der Waals surface area (Å²) in [4.78, 5) is 22.0. The molecule has 2 N–H and O–H groups in total. The van der Waals surface area contributed by atoms with E-state index in [0.717, 1.165) is 32.4 Å². The van der Waals surface area contributed by atoms with Crippen LogP contribution in [0.3, 0.4) is 0 Å². The summed E-state index contributed by atoms with van der Waals surface area (Å²) in [7, 11) is 0. The van der Waals surface area contributed by atoms with E-state index in [-0.39, 0.29) is 11.7 Å². The molecule has 0 saturated carbocycles. The van der Waals surface area contributed by atoms with Crippen LogP contribution in [0.2, 0.25) is 0 Å². The number of aromatic amines is 1. The van der Waals surface area contributed by atoms with Gasteiger partial charge in [0.05, 0.1) is 23.6 Å². The summed E-state index contributed by atoms with van der Waals surface area (Å²) >= 11 is 5.69. The third-order valence-electron chi connectivity index (χ3n) is 5.27. The van der Waals surface area contributed by atoms with Crippen molar-refractivity contribution in [3.63, 3.8) is 0 Å². The molecular weight excluding hydrogens is 396 g/mol. The zero-order valence-electron chi connectivity index (χ0n) is 16.8. The Kier molecular flexibility index (Phi) is 6.71. The van der Waals surface area contributed by atoms with Crippen molar-refractivity contribution in [2.24, 2.45) is 0 Å². The van der Waals surface area contributed by atoms with Gasteiger partial charge in [-0.1, -0.05) is 42.5 Å². The second-order valence-electron chi connectivity index (χ2n) is 7.51. The first kappa shape index (κ1) is 20.5. The molecule has 1 aliphatic rings. The largest absolute Gasteiger partial charge is 0.376 e. The number of para-hydroxylation sites is 1. The second kappa shape index (κ2) is 9.82. The first-order valence-corrected chi connectivity index (χ1v) is 10.8. The van der Waals surface area contributed by atoms with Gasteiger partial charge in [0.25, 0.3) is 5.56 Å². The number of hydrogen-bond donors (Lipinski definition) is 2. The first-order valence-electron chi connectivity index (χ1n) is 10.4. The lowest BCUT2D eigenvalue weighted by Gasteiger charge is -2.28. The summed E-state index contributed by atoms with van der Waals surface area (Å²) in [6, 6.07) is 17.7. The van der Waals surface area contributed by atoms with Crippen LogP contribution < -0.4 is 10.9 Å². The third kappa shape index (κ3) is 5.23. The number of rotatable bonds is 7. The minimum atomic E-state index is -0.129. The number of aromatic nitrogens is 2. The smallest absolute Gasteiger partial charge is 0.258 e. The fourth-order valence-corrected chi connectivity index (χ4v) is 3.96. The topological polar surface area (TPSA) is 70.2 Å². The predicted molar refractivity (Wildman–Crippen MR) is 122 cm³/mol. The predicted octanol–water partition coefficient (Wildman–Crippen LogP) is 3.02. The van der Waals surface area contributed by atoms with E-state index in [0.29, 0.717) is 34.9 Å². The molecule has 2 aromatic carbocycles. The molecule has 1 aliphatic heterocycles. The zero-order chi connectivity index (χ0) is 20.8. The van der Waals surface area contributed by atoms with Gasteiger partial charge in [0.15, 0.2) is 5.11 Å². The Morgan fingerprint density at radius 1 is 1.20 bits per heavy atom. The Morgan fingerprint density at radius 3 is 2.80 bits per heavy atom. The van der Waals surface area contributed by atoms with Crippen molar-refractivity contribution in [3.8, 4) is 0 Å². The number of hydrogen-bond acceptors (Lipinski definition) is 4. The standard InChI is InChI=1S/C23H26N4O2S/c28-22-19-10-4-5-11-20(19)25-21(26-22)16-27(15-18-9-6-14-29-18)23(30)24-13-12-17-7-2-1-3-8-17/h1-5,7-8,10-11,18H,6,9,12-16H2,(H,24,30)(H,25,26,28)/t18-/m0/s1. The van der Waals surface area contributed by atoms with Gasteiger partial charge in [0, 0.05) is 19.7 Å². The Balaban J connectivity index is 1.46. The molecule has 2 heterocycles. The van der Waals surface area contributed by atoms with Gasteiger partial charge in [-0.2, -0.15) is 0 Å². The summed E-state index contributed by atoms with van der Waals surface area (Å²) in [6.07, 6.45) is 3.12. The minimum absolute atomic E-state index is 0.129. The van der Waals surface area contributed by atoms with Crippen molar-refractivity contribution in [1.82, 2.24) is 20.2 Å². The van der Waals surface area contributed by atoms with Crippen LogP contribution in [0.1, 0.15) is 24.2 Å². The lowest BCUT2D eigenvalue weighted by molar-refractivity contribution is 0.0893. The summed E-state index contributed by atoms with van der Waals surface area (Å²) < 4.78 is 5.82. The molecule has 0 spiro atoms. The number of H-pyrrole nitrogens is 1. The number of thiocarbonyl (C=S) groups is 1. The van der Waals surface area contributed by atoms with Gasteiger partial charge >= 0.3 is 0 Å². The lowest BCUT2D eigenvalue weighted by Crippen LogP contribution is -2.44. The summed E-state index contributed by atoms with van der Waals surface area (Å²) in [6.45, 7) is 2.63. The maximum absolute atomic E-state index is 12.4. The second-order valence-corrected chi connectivity index (χ2v) is 7.90. The van der Waals surface area contributed by atoms with Crippen LogP contribution in [0.5, 0.6) is 0 Å². The summed E-state index contributed by atoms with van der Waals surface area (Å²) in [5, 5.41) is 4.60. The molecule has 4 rings (SSSR count). The first-order chi connectivity index (χ1) is 14.7. The fourth-order valence-electron chi connectivity index (χ4n) is 3.71. The van der Waals surface area contributed by atoms with Crippen LogP contribution in [-0.4, -0.2) is 45.8 Å². The van der Waals surface area contributed by atoms with E-state index in [1.165, 1.54) is 5.56 Å². The van der Waals surface area contributed by atoms with Gasteiger partial charge in [-0.15, -0.1) is 0 Å². The maximum atomic E-state index is 12.4. The number of nitrogens with one attached hydrogen (secondary N) is 2. The monoisotopic (exact) mass is 422 g/mol. The molecule has 6 nitrogen and oxygen atoms in total. The van der Waals surface area contributed by atoms with Crippen molar-refractivity contribution < 1.29 is 4.74 Å². The number of ether oxygens (including phenoxy) is 1. The van der Waals surface area contributed by atoms with Gasteiger partial charge in [0.1, 0.15) is 5.82 Å². The van der Waals surface area contributed by atoms with E-state index in [9.17, 15) is 4.79 Å². The van der Waals surface area contributed by atoms with E-state index in [4.69, 9.17) is 17.0 Å². The SMILES string of the molecule is O=c1[nH]c(CN(C[C@@H]2CCCO2)C(=S)NCCc2ccccc2)nc2ccccc12.